The highest BCUT2D eigenvalue weighted by molar-refractivity contribution is 5.71. The van der Waals surface area contributed by atoms with Crippen molar-refractivity contribution in [1.29, 1.82) is 0 Å². The van der Waals surface area contributed by atoms with Gasteiger partial charge in [0.1, 0.15) is 18.1 Å². The molecule has 64 heavy (non-hydrogen) atoms. The van der Waals surface area contributed by atoms with Crippen molar-refractivity contribution in [3.8, 4) is 0 Å². The number of ether oxygens (including phenoxy) is 4. The molecule has 18 atom stereocenters. The van der Waals surface area contributed by atoms with Gasteiger partial charge in [-0.05, 0) is 33.1 Å². The number of carbonyl (C=O) groups is 2. The van der Waals surface area contributed by atoms with Gasteiger partial charge in [-0.2, -0.15) is 0 Å². The summed E-state index contributed by atoms with van der Waals surface area (Å²) in [7, 11) is 0. The number of cyclic esters (lactones) is 1. The third-order valence-electron chi connectivity index (χ3n) is 11.8. The maximum absolute atomic E-state index is 12.6. The number of aliphatic carboxylic acids is 1. The van der Waals surface area contributed by atoms with E-state index in [1.54, 1.807) is 75.5 Å². The molecule has 3 aliphatic rings. The molecule has 0 aromatic carbocycles. The lowest BCUT2D eigenvalue weighted by Gasteiger charge is -2.45. The van der Waals surface area contributed by atoms with Crippen LogP contribution in [0.4, 0.5) is 0 Å². The van der Waals surface area contributed by atoms with Crippen LogP contribution in [0.25, 0.3) is 0 Å². The average molecular weight is 909 g/mol. The lowest BCUT2D eigenvalue weighted by Crippen LogP contribution is -2.56. The van der Waals surface area contributed by atoms with Gasteiger partial charge < -0.3 is 75.1 Å². The molecule has 0 amide bonds. The Hall–Kier alpha value is -3.40. The van der Waals surface area contributed by atoms with Crippen LogP contribution in [0.3, 0.4) is 0 Å². The minimum Gasteiger partial charge on any atom is -0.481 e. The first kappa shape index (κ1) is 54.9. The van der Waals surface area contributed by atoms with E-state index >= 15 is 0 Å². The van der Waals surface area contributed by atoms with Gasteiger partial charge in [-0.15, -0.1) is 0 Å². The van der Waals surface area contributed by atoms with Crippen molar-refractivity contribution in [1.82, 2.24) is 0 Å². The van der Waals surface area contributed by atoms with Crippen molar-refractivity contribution < 1.29 is 84.7 Å². The summed E-state index contributed by atoms with van der Waals surface area (Å²) in [4.78, 5) is 25.0. The number of carbonyl (C=O) groups excluding carboxylic acids is 1. The molecule has 2 fully saturated rings. The van der Waals surface area contributed by atoms with Crippen LogP contribution in [0.5, 0.6) is 0 Å². The quantitative estimate of drug-likeness (QED) is 0.180. The zero-order valence-electron chi connectivity index (χ0n) is 37.1. The first-order valence-electron chi connectivity index (χ1n) is 22.1. The van der Waals surface area contributed by atoms with Crippen LogP contribution in [-0.2, 0) is 28.5 Å². The predicted octanol–water partition coefficient (Wildman–Crippen LogP) is 1.77. The Bertz CT molecular complexity index is 1630. The third-order valence-corrected chi connectivity index (χ3v) is 11.8. The number of fused-ring (bicyclic) bond motifs is 2. The van der Waals surface area contributed by atoms with E-state index < -0.39 is 141 Å². The molecular weight excluding hydrogens is 837 g/mol. The summed E-state index contributed by atoms with van der Waals surface area (Å²) in [5, 5.41) is 118. The molecule has 3 rings (SSSR count). The molecule has 0 aliphatic carbocycles. The van der Waals surface area contributed by atoms with Gasteiger partial charge >= 0.3 is 11.9 Å². The normalized spacial score (nSPS) is 44.8. The fraction of sp³-hybridized carbons (Fsp3) is 0.660. The molecule has 0 aromatic heterocycles. The van der Waals surface area contributed by atoms with Crippen LogP contribution in [-0.4, -0.2) is 160 Å². The van der Waals surface area contributed by atoms with Gasteiger partial charge in [0.15, 0.2) is 12.1 Å². The smallest absolute Gasteiger partial charge is 0.311 e. The standard InChI is InChI=1S/C47H72O17/c1-28-17-15-13-11-9-7-5-6-8-10-12-14-16-18-35(63-46-39(54)25-37(52)31(4)62-46)24-41-43(45(58)59)40(55)27-47(60,64-41)26-34(50)22-38(53)36(51)20-19-32(48)21-33(49)23-42(56)61-30(3)29(2)44(28)57/h5-18,28-41,43-44,46,48-55,57,60H,19-27H2,1-4H3,(H,58,59)/b6-5+,9-7+,10-8+,13-11+,14-12+,17-15+,18-16+/t28-,29-,30-,31?,32+,33+,34-,35-,36+,37?,38+,39?,40-,41?,43+,44+,46?,47+/m0/s1. The Kier molecular flexibility index (Phi) is 23.4. The van der Waals surface area contributed by atoms with Crippen molar-refractivity contribution in [2.24, 2.45) is 17.8 Å². The number of hydrogen-bond donors (Lipinski definition) is 11. The average Bonchev–Trinajstić information content (AvgIpc) is 3.19. The first-order valence-corrected chi connectivity index (χ1v) is 22.1. The van der Waals surface area contributed by atoms with E-state index in [1.165, 1.54) is 0 Å². The Balaban J connectivity index is 1.84. The van der Waals surface area contributed by atoms with E-state index in [0.717, 1.165) is 0 Å². The number of aliphatic hydroxyl groups is 10. The van der Waals surface area contributed by atoms with Crippen LogP contribution >= 0.6 is 0 Å². The van der Waals surface area contributed by atoms with Gasteiger partial charge in [-0.3, -0.25) is 9.59 Å². The Morgan fingerprint density at radius 2 is 1.20 bits per heavy atom. The molecule has 2 saturated heterocycles. The summed E-state index contributed by atoms with van der Waals surface area (Å²) in [6, 6.07) is 0. The summed E-state index contributed by atoms with van der Waals surface area (Å²) in [5.41, 5.74) is 0. The molecule has 3 aliphatic heterocycles. The van der Waals surface area contributed by atoms with Crippen molar-refractivity contribution in [2.75, 3.05) is 0 Å². The lowest BCUT2D eigenvalue weighted by atomic mass is 9.82. The lowest BCUT2D eigenvalue weighted by molar-refractivity contribution is -0.307. The van der Waals surface area contributed by atoms with Gasteiger partial charge in [0.25, 0.3) is 0 Å². The van der Waals surface area contributed by atoms with Crippen LogP contribution < -0.4 is 0 Å². The van der Waals surface area contributed by atoms with E-state index in [0.29, 0.717) is 0 Å². The van der Waals surface area contributed by atoms with E-state index in [1.807, 2.05) is 37.3 Å². The van der Waals surface area contributed by atoms with Crippen molar-refractivity contribution >= 4 is 11.9 Å². The van der Waals surface area contributed by atoms with E-state index in [-0.39, 0.29) is 38.0 Å². The second kappa shape index (κ2) is 27.3. The Morgan fingerprint density at radius 1 is 0.625 bits per heavy atom. The highest BCUT2D eigenvalue weighted by Crippen LogP contribution is 2.38. The van der Waals surface area contributed by atoms with Crippen molar-refractivity contribution in [2.45, 2.75) is 177 Å². The molecule has 0 saturated carbocycles. The SMILES string of the molecule is CC1OC(O[C@H]2/C=C/C=C/C=C/C=C/C=C/C=C/C=C/[C@H](C)[C@@H](O)[C@@H](C)[C@H](C)OC(=O)C[C@H](O)C[C@H](O)CC[C@@H](O)[C@H](O)C[C@H](O)C[C@]3(O)C[C@H](O)[C@@H](C(=O)O)C(C2)O3)C(O)CC1O. The van der Waals surface area contributed by atoms with Gasteiger partial charge in [0.2, 0.25) is 0 Å². The van der Waals surface area contributed by atoms with Crippen LogP contribution in [0, 0.1) is 17.8 Å². The van der Waals surface area contributed by atoms with Gasteiger partial charge in [-0.25, -0.2) is 0 Å². The monoisotopic (exact) mass is 908 g/mol. The van der Waals surface area contributed by atoms with Gasteiger partial charge in [0.05, 0.1) is 73.6 Å². The number of aliphatic hydroxyl groups excluding tert-OH is 9. The van der Waals surface area contributed by atoms with Crippen molar-refractivity contribution in [3.05, 3.63) is 85.1 Å². The van der Waals surface area contributed by atoms with Crippen LogP contribution in [0.15, 0.2) is 85.1 Å². The Morgan fingerprint density at radius 3 is 1.80 bits per heavy atom. The number of allylic oxidation sites excluding steroid dienone is 12. The molecule has 3 heterocycles. The second-order valence-electron chi connectivity index (χ2n) is 17.4. The zero-order chi connectivity index (χ0) is 47.6. The maximum atomic E-state index is 12.6. The van der Waals surface area contributed by atoms with E-state index in [4.69, 9.17) is 18.9 Å². The summed E-state index contributed by atoms with van der Waals surface area (Å²) in [5.74, 6) is -6.74. The number of carboxylic acids is 1. The molecule has 362 valence electrons. The predicted molar refractivity (Wildman–Crippen MR) is 234 cm³/mol. The zero-order valence-corrected chi connectivity index (χ0v) is 37.1. The summed E-state index contributed by atoms with van der Waals surface area (Å²) < 4.78 is 23.2. The van der Waals surface area contributed by atoms with Crippen LogP contribution in [0.1, 0.15) is 85.5 Å². The summed E-state index contributed by atoms with van der Waals surface area (Å²) in [6.07, 6.45) is 4.72. The van der Waals surface area contributed by atoms with E-state index in [2.05, 4.69) is 0 Å². The minimum absolute atomic E-state index is 0.0532. The fourth-order valence-electron chi connectivity index (χ4n) is 7.85. The molecule has 5 unspecified atom stereocenters. The number of hydrogen-bond acceptors (Lipinski definition) is 16. The van der Waals surface area contributed by atoms with Crippen molar-refractivity contribution in [3.63, 3.8) is 0 Å². The topological polar surface area (TPSA) is 294 Å². The number of rotatable bonds is 3. The van der Waals surface area contributed by atoms with Gasteiger partial charge in [-0.1, -0.05) is 98.9 Å². The minimum atomic E-state index is -2.30. The highest BCUT2D eigenvalue weighted by atomic mass is 16.7. The fourth-order valence-corrected chi connectivity index (χ4v) is 7.85. The van der Waals surface area contributed by atoms with E-state index in [9.17, 15) is 65.8 Å². The molecule has 0 aromatic rings. The first-order chi connectivity index (χ1) is 30.2. The molecule has 17 heteroatoms. The largest absolute Gasteiger partial charge is 0.481 e. The molecular formula is C47H72O17. The maximum Gasteiger partial charge on any atom is 0.311 e. The molecule has 11 N–H and O–H groups in total. The summed E-state index contributed by atoms with van der Waals surface area (Å²) in [6.45, 7) is 6.82. The molecule has 17 nitrogen and oxygen atoms in total. The molecule has 2 bridgehead atoms. The number of esters is 1. The summed E-state index contributed by atoms with van der Waals surface area (Å²) >= 11 is 0. The molecule has 0 radical (unpaired) electrons. The van der Waals surface area contributed by atoms with Crippen LogP contribution in [0.2, 0.25) is 0 Å². The highest BCUT2D eigenvalue weighted by Gasteiger charge is 2.50. The second-order valence-corrected chi connectivity index (χ2v) is 17.4. The third kappa shape index (κ3) is 18.8. The number of carboxylic acid groups (broad SMARTS) is 1. The molecule has 0 spiro atoms. The van der Waals surface area contributed by atoms with Gasteiger partial charge in [0, 0.05) is 43.9 Å². The Labute approximate surface area is 375 Å².